The van der Waals surface area contributed by atoms with Crippen LogP contribution >= 0.6 is 11.8 Å². The fourth-order valence-corrected chi connectivity index (χ4v) is 4.98. The van der Waals surface area contributed by atoms with Crippen LogP contribution < -0.4 is 5.32 Å². The molecule has 3 N–H and O–H groups in total. The third-order valence-corrected chi connectivity index (χ3v) is 6.24. The number of hydrogen-bond acceptors (Lipinski definition) is 5. The quantitative estimate of drug-likeness (QED) is 0.500. The molecule has 3 rings (SSSR count). The first-order valence-electron chi connectivity index (χ1n) is 8.21. The molecule has 7 heteroatoms. The predicted octanol–water partition coefficient (Wildman–Crippen LogP) is 0.297. The van der Waals surface area contributed by atoms with Crippen molar-refractivity contribution in [3.05, 3.63) is 48.6 Å². The van der Waals surface area contributed by atoms with E-state index in [9.17, 15) is 19.8 Å². The first kappa shape index (κ1) is 18.0. The molecule has 2 saturated heterocycles. The van der Waals surface area contributed by atoms with Crippen LogP contribution in [0.3, 0.4) is 0 Å². The highest BCUT2D eigenvalue weighted by molar-refractivity contribution is 8.00. The minimum absolute atomic E-state index is 0.211. The van der Waals surface area contributed by atoms with Gasteiger partial charge in [0.25, 0.3) is 0 Å². The smallest absolute Gasteiger partial charge is 0.249 e. The Bertz CT molecular complexity index is 668. The van der Waals surface area contributed by atoms with Crippen LogP contribution in [-0.2, 0) is 16.0 Å². The van der Waals surface area contributed by atoms with Crippen LogP contribution in [0, 0.1) is 0 Å². The van der Waals surface area contributed by atoms with Gasteiger partial charge in [-0.05, 0) is 12.0 Å². The summed E-state index contributed by atoms with van der Waals surface area (Å²) in [4.78, 5) is 26.2. The molecule has 2 aliphatic rings. The number of rotatable bonds is 6. The Kier molecular flexibility index (Phi) is 5.17. The van der Waals surface area contributed by atoms with Crippen LogP contribution in [0.15, 0.2) is 43.0 Å². The van der Waals surface area contributed by atoms with Crippen LogP contribution in [0.4, 0.5) is 0 Å². The lowest BCUT2D eigenvalue weighted by Gasteiger charge is -2.57. The molecule has 0 bridgehead atoms. The molecule has 25 heavy (non-hydrogen) atoms. The Labute approximate surface area is 150 Å². The molecule has 134 valence electrons. The Morgan fingerprint density at radius 1 is 1.44 bits per heavy atom. The number of carbonyl (C=O) groups excluding carboxylic acids is 2. The molecule has 0 spiro atoms. The third-order valence-electron chi connectivity index (χ3n) is 4.73. The second-order valence-electron chi connectivity index (χ2n) is 6.45. The number of hydrogen-bond donors (Lipinski definition) is 3. The van der Waals surface area contributed by atoms with E-state index in [0.717, 1.165) is 5.56 Å². The highest BCUT2D eigenvalue weighted by Gasteiger charge is 2.59. The van der Waals surface area contributed by atoms with E-state index in [2.05, 4.69) is 11.9 Å². The molecule has 0 aromatic heterocycles. The first-order valence-corrected chi connectivity index (χ1v) is 9.26. The molecule has 6 nitrogen and oxygen atoms in total. The molecule has 1 aromatic carbocycles. The Hall–Kier alpha value is -1.83. The molecule has 0 radical (unpaired) electrons. The zero-order valence-corrected chi connectivity index (χ0v) is 14.6. The van der Waals surface area contributed by atoms with Crippen LogP contribution in [0.5, 0.6) is 0 Å². The predicted molar refractivity (Wildman–Crippen MR) is 95.8 cm³/mol. The SMILES string of the molecule is C=CC[C@]1(O)CS[C@@H]2[C@H](NC(=O)Cc3ccccc3)C(=O)N2[C@H]1CO. The molecular weight excluding hydrogens is 340 g/mol. The first-order chi connectivity index (χ1) is 12.0. The number of fused-ring (bicyclic) bond motifs is 1. The van der Waals surface area contributed by atoms with E-state index in [1.165, 1.54) is 16.7 Å². The number of carbonyl (C=O) groups is 2. The number of nitrogens with one attached hydrogen (secondary N) is 1. The number of nitrogens with zero attached hydrogens (tertiary/aromatic N) is 1. The van der Waals surface area contributed by atoms with E-state index < -0.39 is 17.7 Å². The molecule has 2 amide bonds. The van der Waals surface area contributed by atoms with E-state index in [1.807, 2.05) is 30.3 Å². The van der Waals surface area contributed by atoms with Crippen molar-refractivity contribution in [1.29, 1.82) is 0 Å². The summed E-state index contributed by atoms with van der Waals surface area (Å²) in [7, 11) is 0. The molecular formula is C18H22N2O4S. The Morgan fingerprint density at radius 3 is 2.80 bits per heavy atom. The lowest BCUT2D eigenvalue weighted by Crippen LogP contribution is -2.78. The van der Waals surface area contributed by atoms with Crippen molar-refractivity contribution in [2.75, 3.05) is 12.4 Å². The lowest BCUT2D eigenvalue weighted by molar-refractivity contribution is -0.165. The van der Waals surface area contributed by atoms with E-state index in [-0.39, 0.29) is 30.2 Å². The summed E-state index contributed by atoms with van der Waals surface area (Å²) in [5.74, 6) is -0.0959. The molecule has 0 saturated carbocycles. The Morgan fingerprint density at radius 2 is 2.16 bits per heavy atom. The second-order valence-corrected chi connectivity index (χ2v) is 7.55. The van der Waals surface area contributed by atoms with Crippen LogP contribution in [0.2, 0.25) is 0 Å². The van der Waals surface area contributed by atoms with Gasteiger partial charge < -0.3 is 20.4 Å². The summed E-state index contributed by atoms with van der Waals surface area (Å²) >= 11 is 1.42. The van der Waals surface area contributed by atoms with E-state index >= 15 is 0 Å². The van der Waals surface area contributed by atoms with Gasteiger partial charge in [0.15, 0.2) is 0 Å². The zero-order valence-electron chi connectivity index (χ0n) is 13.8. The summed E-state index contributed by atoms with van der Waals surface area (Å²) in [5.41, 5.74) is -0.305. The summed E-state index contributed by atoms with van der Waals surface area (Å²) in [6.45, 7) is 3.31. The number of thioether (sulfide) groups is 1. The van der Waals surface area contributed by atoms with Gasteiger partial charge in [0.2, 0.25) is 11.8 Å². The average molecular weight is 362 g/mol. The monoisotopic (exact) mass is 362 g/mol. The van der Waals surface area contributed by atoms with Gasteiger partial charge in [0.1, 0.15) is 11.4 Å². The fourth-order valence-electron chi connectivity index (χ4n) is 3.42. The highest BCUT2D eigenvalue weighted by atomic mass is 32.2. The number of β-lactam (4-membered cyclic amide) rings is 1. The molecule has 2 aliphatic heterocycles. The minimum Gasteiger partial charge on any atom is -0.394 e. The molecule has 1 aromatic rings. The van der Waals surface area contributed by atoms with E-state index in [1.54, 1.807) is 6.08 Å². The standard InChI is InChI=1S/C18H22N2O4S/c1-2-8-18(24)11-25-17-15(16(23)20(17)13(18)10-21)19-14(22)9-12-6-4-3-5-7-12/h2-7,13,15,17,21,24H,1,8-11H2,(H,19,22)/t13-,15+,17+,18-/m0/s1. The molecule has 4 atom stereocenters. The topological polar surface area (TPSA) is 89.9 Å². The second kappa shape index (κ2) is 7.19. The number of aliphatic hydroxyl groups is 2. The Balaban J connectivity index is 1.64. The van der Waals surface area contributed by atoms with Gasteiger partial charge in [0, 0.05) is 5.75 Å². The van der Waals surface area contributed by atoms with Gasteiger partial charge >= 0.3 is 0 Å². The summed E-state index contributed by atoms with van der Waals surface area (Å²) < 4.78 is 0. The summed E-state index contributed by atoms with van der Waals surface area (Å²) in [5, 5.41) is 22.9. The van der Waals surface area contributed by atoms with Crippen molar-refractivity contribution in [2.24, 2.45) is 0 Å². The van der Waals surface area contributed by atoms with Gasteiger partial charge in [-0.1, -0.05) is 36.4 Å². The van der Waals surface area contributed by atoms with Gasteiger partial charge in [-0.25, -0.2) is 0 Å². The van der Waals surface area contributed by atoms with Crippen molar-refractivity contribution in [3.63, 3.8) is 0 Å². The molecule has 0 unspecified atom stereocenters. The van der Waals surface area contributed by atoms with E-state index in [4.69, 9.17) is 0 Å². The normalized spacial score (nSPS) is 31.0. The van der Waals surface area contributed by atoms with Crippen molar-refractivity contribution in [3.8, 4) is 0 Å². The van der Waals surface area contributed by atoms with Gasteiger partial charge in [-0.3, -0.25) is 9.59 Å². The number of aliphatic hydroxyl groups excluding tert-OH is 1. The maximum atomic E-state index is 12.5. The largest absolute Gasteiger partial charge is 0.394 e. The zero-order chi connectivity index (χ0) is 18.0. The highest BCUT2D eigenvalue weighted by Crippen LogP contribution is 2.43. The molecule has 0 aliphatic carbocycles. The maximum absolute atomic E-state index is 12.5. The van der Waals surface area contributed by atoms with Crippen molar-refractivity contribution >= 4 is 23.6 Å². The van der Waals surface area contributed by atoms with Crippen molar-refractivity contribution in [1.82, 2.24) is 10.2 Å². The molecule has 2 fully saturated rings. The van der Waals surface area contributed by atoms with Crippen LogP contribution in [-0.4, -0.2) is 62.3 Å². The summed E-state index contributed by atoms with van der Waals surface area (Å²) in [6.07, 6.45) is 2.10. The number of benzene rings is 1. The van der Waals surface area contributed by atoms with Crippen LogP contribution in [0.25, 0.3) is 0 Å². The van der Waals surface area contributed by atoms with Gasteiger partial charge in [0.05, 0.1) is 24.7 Å². The van der Waals surface area contributed by atoms with Crippen LogP contribution in [0.1, 0.15) is 12.0 Å². The summed E-state index contributed by atoms with van der Waals surface area (Å²) in [6, 6.07) is 8.05. The fraction of sp³-hybridized carbons (Fsp3) is 0.444. The van der Waals surface area contributed by atoms with Crippen molar-refractivity contribution < 1.29 is 19.8 Å². The average Bonchev–Trinajstić information content (AvgIpc) is 2.60. The van der Waals surface area contributed by atoms with Gasteiger partial charge in [-0.2, -0.15) is 0 Å². The third kappa shape index (κ3) is 3.31. The van der Waals surface area contributed by atoms with E-state index in [0.29, 0.717) is 12.2 Å². The van der Waals surface area contributed by atoms with Crippen molar-refractivity contribution in [2.45, 2.75) is 35.9 Å². The molecule has 2 heterocycles. The maximum Gasteiger partial charge on any atom is 0.249 e. The van der Waals surface area contributed by atoms with Gasteiger partial charge in [-0.15, -0.1) is 18.3 Å². The number of amides is 2. The lowest BCUT2D eigenvalue weighted by atomic mass is 9.87. The minimum atomic E-state index is -1.19.